The number of carbonyl (C=O) groups is 2. The number of methoxy groups -OCH3 is 1. The zero-order valence-electron chi connectivity index (χ0n) is 17.5. The number of amides is 2. The molecule has 0 aromatic heterocycles. The molecule has 0 saturated carbocycles. The number of nitrogens with one attached hydrogen (secondary N) is 2. The Kier molecular flexibility index (Phi) is 8.48. The van der Waals surface area contributed by atoms with E-state index < -0.39 is 6.10 Å². The SMILES string of the molecule is COc1cccc(CNC(=O)C[C@H]2CC[C@H](NC(=O)C3CCOCC3)[C@H](CO)O2)c1. The fourth-order valence-corrected chi connectivity index (χ4v) is 3.97. The summed E-state index contributed by atoms with van der Waals surface area (Å²) < 4.78 is 16.4. The van der Waals surface area contributed by atoms with E-state index in [1.807, 2.05) is 24.3 Å². The van der Waals surface area contributed by atoms with Gasteiger partial charge in [-0.2, -0.15) is 0 Å². The second kappa shape index (κ2) is 11.3. The molecule has 8 heteroatoms. The van der Waals surface area contributed by atoms with Crippen molar-refractivity contribution in [3.63, 3.8) is 0 Å². The summed E-state index contributed by atoms with van der Waals surface area (Å²) in [6.07, 6.45) is 2.22. The van der Waals surface area contributed by atoms with E-state index in [-0.39, 0.29) is 42.9 Å². The maximum absolute atomic E-state index is 12.5. The third-order valence-corrected chi connectivity index (χ3v) is 5.75. The second-order valence-corrected chi connectivity index (χ2v) is 7.89. The number of aliphatic hydroxyl groups excluding tert-OH is 1. The van der Waals surface area contributed by atoms with Gasteiger partial charge in [-0.25, -0.2) is 0 Å². The second-order valence-electron chi connectivity index (χ2n) is 7.89. The van der Waals surface area contributed by atoms with Crippen molar-refractivity contribution < 1.29 is 28.9 Å². The summed E-state index contributed by atoms with van der Waals surface area (Å²) >= 11 is 0. The average molecular weight is 421 g/mol. The lowest BCUT2D eigenvalue weighted by Gasteiger charge is -2.37. The van der Waals surface area contributed by atoms with Crippen LogP contribution in [0, 0.1) is 5.92 Å². The fraction of sp³-hybridized carbons (Fsp3) is 0.636. The smallest absolute Gasteiger partial charge is 0.223 e. The lowest BCUT2D eigenvalue weighted by molar-refractivity contribution is -0.139. The van der Waals surface area contributed by atoms with Gasteiger partial charge in [0.1, 0.15) is 11.9 Å². The van der Waals surface area contributed by atoms with Gasteiger partial charge >= 0.3 is 0 Å². The van der Waals surface area contributed by atoms with Crippen molar-refractivity contribution in [1.82, 2.24) is 10.6 Å². The molecule has 0 aliphatic carbocycles. The number of hydrogen-bond donors (Lipinski definition) is 3. The van der Waals surface area contributed by atoms with Gasteiger partial charge in [-0.15, -0.1) is 0 Å². The number of carbonyl (C=O) groups excluding carboxylic acids is 2. The van der Waals surface area contributed by atoms with Crippen molar-refractivity contribution in [2.24, 2.45) is 5.92 Å². The van der Waals surface area contributed by atoms with Crippen LogP contribution in [0.25, 0.3) is 0 Å². The van der Waals surface area contributed by atoms with Gasteiger partial charge in [0.2, 0.25) is 11.8 Å². The average Bonchev–Trinajstić information content (AvgIpc) is 2.79. The normalized spacial score (nSPS) is 24.8. The summed E-state index contributed by atoms with van der Waals surface area (Å²) in [5.74, 6) is 0.597. The van der Waals surface area contributed by atoms with E-state index in [0.717, 1.165) is 24.2 Å². The first-order chi connectivity index (χ1) is 14.6. The number of rotatable bonds is 8. The van der Waals surface area contributed by atoms with E-state index in [9.17, 15) is 14.7 Å². The van der Waals surface area contributed by atoms with Crippen LogP contribution in [0.15, 0.2) is 24.3 Å². The van der Waals surface area contributed by atoms with Crippen LogP contribution in [0.1, 0.15) is 37.7 Å². The van der Waals surface area contributed by atoms with Crippen LogP contribution in [-0.2, 0) is 25.6 Å². The maximum atomic E-state index is 12.5. The van der Waals surface area contributed by atoms with E-state index in [1.54, 1.807) is 7.11 Å². The van der Waals surface area contributed by atoms with Crippen molar-refractivity contribution in [3.05, 3.63) is 29.8 Å². The summed E-state index contributed by atoms with van der Waals surface area (Å²) in [6.45, 7) is 1.43. The van der Waals surface area contributed by atoms with Gasteiger partial charge in [-0.05, 0) is 43.4 Å². The van der Waals surface area contributed by atoms with E-state index in [4.69, 9.17) is 14.2 Å². The van der Waals surface area contributed by atoms with Gasteiger partial charge in [-0.3, -0.25) is 9.59 Å². The van der Waals surface area contributed by atoms with Crippen LogP contribution in [0.3, 0.4) is 0 Å². The highest BCUT2D eigenvalue weighted by Gasteiger charge is 2.34. The van der Waals surface area contributed by atoms with Crippen LogP contribution < -0.4 is 15.4 Å². The minimum atomic E-state index is -0.501. The van der Waals surface area contributed by atoms with E-state index >= 15 is 0 Å². The predicted octanol–water partition coefficient (Wildman–Crippen LogP) is 1.15. The van der Waals surface area contributed by atoms with Gasteiger partial charge in [-0.1, -0.05) is 12.1 Å². The predicted molar refractivity (Wildman–Crippen MR) is 110 cm³/mol. The van der Waals surface area contributed by atoms with Crippen molar-refractivity contribution in [3.8, 4) is 5.75 Å². The Labute approximate surface area is 177 Å². The minimum Gasteiger partial charge on any atom is -0.497 e. The van der Waals surface area contributed by atoms with Crippen molar-refractivity contribution in [2.75, 3.05) is 26.9 Å². The van der Waals surface area contributed by atoms with Crippen molar-refractivity contribution in [2.45, 2.75) is 56.9 Å². The summed E-state index contributed by atoms with van der Waals surface area (Å²) in [5, 5.41) is 15.7. The third-order valence-electron chi connectivity index (χ3n) is 5.75. The van der Waals surface area contributed by atoms with E-state index in [0.29, 0.717) is 32.6 Å². The first-order valence-corrected chi connectivity index (χ1v) is 10.6. The maximum Gasteiger partial charge on any atom is 0.223 e. The molecule has 2 aliphatic rings. The minimum absolute atomic E-state index is 0.000155. The largest absolute Gasteiger partial charge is 0.497 e. The molecule has 0 radical (unpaired) electrons. The first-order valence-electron chi connectivity index (χ1n) is 10.6. The van der Waals surface area contributed by atoms with Crippen molar-refractivity contribution >= 4 is 11.8 Å². The summed E-state index contributed by atoms with van der Waals surface area (Å²) in [5.41, 5.74) is 0.955. The molecule has 0 bridgehead atoms. The molecule has 30 heavy (non-hydrogen) atoms. The molecule has 2 aliphatic heterocycles. The monoisotopic (exact) mass is 420 g/mol. The van der Waals surface area contributed by atoms with Crippen LogP contribution >= 0.6 is 0 Å². The highest BCUT2D eigenvalue weighted by atomic mass is 16.5. The molecule has 3 rings (SSSR count). The quantitative estimate of drug-likeness (QED) is 0.583. The van der Waals surface area contributed by atoms with Crippen LogP contribution in [-0.4, -0.2) is 62.1 Å². The number of benzene rings is 1. The number of hydrogen-bond acceptors (Lipinski definition) is 6. The molecule has 0 spiro atoms. The Morgan fingerprint density at radius 2 is 2.00 bits per heavy atom. The Bertz CT molecular complexity index is 707. The molecule has 0 unspecified atom stereocenters. The molecule has 3 atom stereocenters. The molecule has 2 heterocycles. The van der Waals surface area contributed by atoms with Crippen LogP contribution in [0.5, 0.6) is 5.75 Å². The molecule has 2 fully saturated rings. The highest BCUT2D eigenvalue weighted by molar-refractivity contribution is 5.79. The molecule has 2 saturated heterocycles. The molecule has 2 amide bonds. The van der Waals surface area contributed by atoms with Gasteiger partial charge in [0.25, 0.3) is 0 Å². The first kappa shape index (κ1) is 22.5. The van der Waals surface area contributed by atoms with E-state index in [1.165, 1.54) is 0 Å². The van der Waals surface area contributed by atoms with Crippen LogP contribution in [0.2, 0.25) is 0 Å². The molecule has 3 N–H and O–H groups in total. The number of ether oxygens (including phenoxy) is 3. The van der Waals surface area contributed by atoms with Gasteiger partial charge < -0.3 is 30.0 Å². The summed E-state index contributed by atoms with van der Waals surface area (Å²) in [6, 6.07) is 7.30. The Morgan fingerprint density at radius 1 is 1.20 bits per heavy atom. The molecule has 1 aromatic carbocycles. The lowest BCUT2D eigenvalue weighted by atomic mass is 9.94. The summed E-state index contributed by atoms with van der Waals surface area (Å²) in [4.78, 5) is 24.8. The standard InChI is InChI=1S/C22H32N2O6/c1-28-17-4-2-3-15(11-17)13-23-21(26)12-18-5-6-19(20(14-25)30-18)24-22(27)16-7-9-29-10-8-16/h2-4,11,16,18-20,25H,5-10,12-14H2,1H3,(H,23,26)(H,24,27)/t18-,19+,20+/m1/s1. The molecule has 8 nitrogen and oxygen atoms in total. The zero-order chi connectivity index (χ0) is 21.3. The Morgan fingerprint density at radius 3 is 2.73 bits per heavy atom. The molecular weight excluding hydrogens is 388 g/mol. The molecule has 1 aromatic rings. The topological polar surface area (TPSA) is 106 Å². The van der Waals surface area contributed by atoms with Gasteiger partial charge in [0.15, 0.2) is 0 Å². The highest BCUT2D eigenvalue weighted by Crippen LogP contribution is 2.23. The number of aliphatic hydroxyl groups is 1. The van der Waals surface area contributed by atoms with E-state index in [2.05, 4.69) is 10.6 Å². The van der Waals surface area contributed by atoms with Crippen molar-refractivity contribution in [1.29, 1.82) is 0 Å². The van der Waals surface area contributed by atoms with Crippen LogP contribution in [0.4, 0.5) is 0 Å². The third kappa shape index (κ3) is 6.42. The Hall–Kier alpha value is -2.16. The summed E-state index contributed by atoms with van der Waals surface area (Å²) in [7, 11) is 1.61. The molecule has 166 valence electrons. The molecular formula is C22H32N2O6. The zero-order valence-corrected chi connectivity index (χ0v) is 17.5. The Balaban J connectivity index is 1.43. The van der Waals surface area contributed by atoms with Gasteiger partial charge in [0, 0.05) is 25.7 Å². The lowest BCUT2D eigenvalue weighted by Crippen LogP contribution is -2.53. The van der Waals surface area contributed by atoms with Gasteiger partial charge in [0.05, 0.1) is 32.3 Å². The fourth-order valence-electron chi connectivity index (χ4n) is 3.97.